The van der Waals surface area contributed by atoms with E-state index in [0.717, 1.165) is 16.9 Å². The normalized spacial score (nSPS) is 14.7. The third kappa shape index (κ3) is 1.71. The van der Waals surface area contributed by atoms with Gasteiger partial charge in [0.15, 0.2) is 6.79 Å². The Labute approximate surface area is 81.6 Å². The Kier molecular flexibility index (Phi) is 2.65. The van der Waals surface area contributed by atoms with Gasteiger partial charge in [-0.1, -0.05) is 0 Å². The van der Waals surface area contributed by atoms with E-state index in [-0.39, 0.29) is 12.6 Å². The van der Waals surface area contributed by atoms with Gasteiger partial charge in [-0.2, -0.15) is 0 Å². The van der Waals surface area contributed by atoms with E-state index in [1.165, 1.54) is 12.1 Å². The smallest absolute Gasteiger partial charge is 0.189 e. The fraction of sp³-hybridized carbons (Fsp3) is 0.400. The summed E-state index contributed by atoms with van der Waals surface area (Å²) in [6, 6.07) is 2.91. The Morgan fingerprint density at radius 1 is 1.43 bits per heavy atom. The molecule has 14 heavy (non-hydrogen) atoms. The molecule has 1 aromatic rings. The average molecular weight is 197 g/mol. The highest BCUT2D eigenvalue weighted by Gasteiger charge is 2.16. The van der Waals surface area contributed by atoms with Crippen molar-refractivity contribution >= 4 is 0 Å². The summed E-state index contributed by atoms with van der Waals surface area (Å²) in [4.78, 5) is 0. The van der Waals surface area contributed by atoms with E-state index in [1.54, 1.807) is 0 Å². The molecule has 0 saturated carbocycles. The lowest BCUT2D eigenvalue weighted by molar-refractivity contribution is -0.0172. The average Bonchev–Trinajstić information content (AvgIpc) is 2.18. The molecule has 2 N–H and O–H groups in total. The zero-order valence-corrected chi connectivity index (χ0v) is 7.75. The van der Waals surface area contributed by atoms with Gasteiger partial charge in [0.2, 0.25) is 0 Å². The maximum absolute atomic E-state index is 13.1. The largest absolute Gasteiger partial charge is 0.467 e. The molecule has 1 aliphatic heterocycles. The second kappa shape index (κ2) is 3.94. The van der Waals surface area contributed by atoms with Gasteiger partial charge in [0.1, 0.15) is 11.6 Å². The molecule has 0 amide bonds. The van der Waals surface area contributed by atoms with Gasteiger partial charge in [-0.15, -0.1) is 0 Å². The van der Waals surface area contributed by atoms with Gasteiger partial charge < -0.3 is 15.2 Å². The monoisotopic (exact) mass is 197 g/mol. The molecule has 0 aromatic heterocycles. The fourth-order valence-electron chi connectivity index (χ4n) is 1.60. The quantitative estimate of drug-likeness (QED) is 0.774. The van der Waals surface area contributed by atoms with E-state index < -0.39 is 0 Å². The molecule has 1 heterocycles. The van der Waals surface area contributed by atoms with Gasteiger partial charge in [0.05, 0.1) is 6.61 Å². The fourth-order valence-corrected chi connectivity index (χ4v) is 1.60. The lowest BCUT2D eigenvalue weighted by Gasteiger charge is -2.20. The molecule has 0 atom stereocenters. The molecule has 0 fully saturated rings. The first-order valence-corrected chi connectivity index (χ1v) is 4.53. The minimum absolute atomic E-state index is 0.232. The van der Waals surface area contributed by atoms with Gasteiger partial charge in [-0.25, -0.2) is 4.39 Å². The Hall–Kier alpha value is -1.13. The van der Waals surface area contributed by atoms with Crippen LogP contribution in [0.5, 0.6) is 5.75 Å². The van der Waals surface area contributed by atoms with E-state index in [9.17, 15) is 4.39 Å². The molecule has 1 aromatic carbocycles. The van der Waals surface area contributed by atoms with Gasteiger partial charge in [0.25, 0.3) is 0 Å². The number of halogens is 1. The summed E-state index contributed by atoms with van der Waals surface area (Å²) >= 11 is 0. The van der Waals surface area contributed by atoms with Crippen LogP contribution in [-0.4, -0.2) is 13.3 Å². The van der Waals surface area contributed by atoms with Crippen LogP contribution in [0.1, 0.15) is 11.1 Å². The highest BCUT2D eigenvalue weighted by molar-refractivity contribution is 5.42. The van der Waals surface area contributed by atoms with Crippen LogP contribution in [0.25, 0.3) is 0 Å². The SMILES string of the molecule is NCCc1cc(F)cc2c1OCOC2. The number of benzene rings is 1. The molecule has 0 spiro atoms. The molecule has 0 aliphatic carbocycles. The summed E-state index contributed by atoms with van der Waals surface area (Å²) in [6.45, 7) is 1.13. The lowest BCUT2D eigenvalue weighted by Crippen LogP contribution is -2.15. The van der Waals surface area contributed by atoms with Crippen molar-refractivity contribution in [2.75, 3.05) is 13.3 Å². The van der Waals surface area contributed by atoms with Crippen LogP contribution in [0.2, 0.25) is 0 Å². The van der Waals surface area contributed by atoms with Crippen molar-refractivity contribution in [3.05, 3.63) is 29.1 Å². The predicted molar refractivity (Wildman–Crippen MR) is 49.4 cm³/mol. The number of hydrogen-bond donors (Lipinski definition) is 1. The maximum Gasteiger partial charge on any atom is 0.189 e. The maximum atomic E-state index is 13.1. The number of hydrogen-bond acceptors (Lipinski definition) is 3. The number of nitrogens with two attached hydrogens (primary N) is 1. The van der Waals surface area contributed by atoms with Gasteiger partial charge in [-0.05, 0) is 30.7 Å². The highest BCUT2D eigenvalue weighted by atomic mass is 19.1. The summed E-state index contributed by atoms with van der Waals surface area (Å²) in [5.41, 5.74) is 7.02. The Morgan fingerprint density at radius 2 is 2.29 bits per heavy atom. The van der Waals surface area contributed by atoms with Gasteiger partial charge in [0, 0.05) is 5.56 Å². The van der Waals surface area contributed by atoms with Crippen LogP contribution in [0.4, 0.5) is 4.39 Å². The van der Waals surface area contributed by atoms with Crippen molar-refractivity contribution in [3.63, 3.8) is 0 Å². The summed E-state index contributed by atoms with van der Waals surface area (Å²) < 4.78 is 23.5. The third-order valence-corrected chi connectivity index (χ3v) is 2.17. The summed E-state index contributed by atoms with van der Waals surface area (Å²) in [6.07, 6.45) is 0.625. The van der Waals surface area contributed by atoms with Crippen molar-refractivity contribution in [3.8, 4) is 5.75 Å². The molecule has 76 valence electrons. The molecule has 0 radical (unpaired) electrons. The highest BCUT2D eigenvalue weighted by Crippen LogP contribution is 2.29. The topological polar surface area (TPSA) is 44.5 Å². The van der Waals surface area contributed by atoms with Crippen molar-refractivity contribution in [1.29, 1.82) is 0 Å². The number of fused-ring (bicyclic) bond motifs is 1. The summed E-state index contributed by atoms with van der Waals surface area (Å²) in [5.74, 6) is 0.476. The molecule has 1 aliphatic rings. The van der Waals surface area contributed by atoms with Crippen molar-refractivity contribution in [1.82, 2.24) is 0 Å². The van der Waals surface area contributed by atoms with Crippen LogP contribution >= 0.6 is 0 Å². The van der Waals surface area contributed by atoms with Crippen molar-refractivity contribution in [2.45, 2.75) is 13.0 Å². The van der Waals surface area contributed by atoms with Crippen LogP contribution in [0.15, 0.2) is 12.1 Å². The van der Waals surface area contributed by atoms with E-state index in [4.69, 9.17) is 15.2 Å². The minimum atomic E-state index is -0.263. The molecule has 0 unspecified atom stereocenters. The lowest BCUT2D eigenvalue weighted by atomic mass is 10.1. The molecular formula is C10H12FNO2. The Bertz CT molecular complexity index is 341. The van der Waals surface area contributed by atoms with Crippen LogP contribution in [0.3, 0.4) is 0 Å². The Morgan fingerprint density at radius 3 is 3.07 bits per heavy atom. The molecule has 2 rings (SSSR count). The number of rotatable bonds is 2. The first kappa shape index (κ1) is 9.43. The van der Waals surface area contributed by atoms with Gasteiger partial charge >= 0.3 is 0 Å². The summed E-state index contributed by atoms with van der Waals surface area (Å²) in [5, 5.41) is 0. The molecule has 3 nitrogen and oxygen atoms in total. The molecule has 4 heteroatoms. The first-order chi connectivity index (χ1) is 6.81. The van der Waals surface area contributed by atoms with E-state index in [2.05, 4.69) is 0 Å². The van der Waals surface area contributed by atoms with Gasteiger partial charge in [-0.3, -0.25) is 0 Å². The first-order valence-electron chi connectivity index (χ1n) is 4.53. The molecular weight excluding hydrogens is 185 g/mol. The number of ether oxygens (including phenoxy) is 2. The second-order valence-electron chi connectivity index (χ2n) is 3.20. The van der Waals surface area contributed by atoms with E-state index >= 15 is 0 Å². The predicted octanol–water partition coefficient (Wildman–Crippen LogP) is 1.19. The van der Waals surface area contributed by atoms with Crippen LogP contribution < -0.4 is 10.5 Å². The second-order valence-corrected chi connectivity index (χ2v) is 3.20. The Balaban J connectivity index is 2.41. The zero-order chi connectivity index (χ0) is 9.97. The minimum Gasteiger partial charge on any atom is -0.467 e. The summed E-state index contributed by atoms with van der Waals surface area (Å²) in [7, 11) is 0. The molecule has 0 saturated heterocycles. The van der Waals surface area contributed by atoms with Crippen molar-refractivity contribution < 1.29 is 13.9 Å². The standard InChI is InChI=1S/C10H12FNO2/c11-9-3-7(1-2-12)10-8(4-9)5-13-6-14-10/h3-4H,1-2,5-6,12H2. The van der Waals surface area contributed by atoms with E-state index in [1.807, 2.05) is 0 Å². The van der Waals surface area contributed by atoms with E-state index in [0.29, 0.717) is 19.6 Å². The van der Waals surface area contributed by atoms with Crippen molar-refractivity contribution in [2.24, 2.45) is 5.73 Å². The molecule has 0 bridgehead atoms. The zero-order valence-electron chi connectivity index (χ0n) is 7.75. The third-order valence-electron chi connectivity index (χ3n) is 2.17. The van der Waals surface area contributed by atoms with Crippen LogP contribution in [0, 0.1) is 5.82 Å². The van der Waals surface area contributed by atoms with Crippen LogP contribution in [-0.2, 0) is 17.8 Å².